The predicted molar refractivity (Wildman–Crippen MR) is 135 cm³/mol. The van der Waals surface area contributed by atoms with Crippen LogP contribution in [-0.4, -0.2) is 15.6 Å². The third kappa shape index (κ3) is 3.58. The van der Waals surface area contributed by atoms with Gasteiger partial charge < -0.3 is 9.67 Å². The van der Waals surface area contributed by atoms with Gasteiger partial charge in [0.1, 0.15) is 0 Å². The minimum absolute atomic E-state index is 0.0138. The number of carboxylic acid groups (broad SMARTS) is 1. The summed E-state index contributed by atoms with van der Waals surface area (Å²) in [6.07, 6.45) is 2.29. The van der Waals surface area contributed by atoms with E-state index in [4.69, 9.17) is 0 Å². The molecule has 33 heavy (non-hydrogen) atoms. The number of aromatic nitrogens is 1. The highest BCUT2D eigenvalue weighted by molar-refractivity contribution is 5.97. The summed E-state index contributed by atoms with van der Waals surface area (Å²) >= 11 is 0. The first kappa shape index (κ1) is 21.3. The summed E-state index contributed by atoms with van der Waals surface area (Å²) in [6, 6.07) is 24.8. The monoisotopic (exact) mass is 435 g/mol. The van der Waals surface area contributed by atoms with Crippen LogP contribution in [0.2, 0.25) is 0 Å². The van der Waals surface area contributed by atoms with Crippen LogP contribution in [0, 0.1) is 12.3 Å². The van der Waals surface area contributed by atoms with Gasteiger partial charge in [-0.15, -0.1) is 0 Å². The van der Waals surface area contributed by atoms with Crippen LogP contribution in [0.15, 0.2) is 79.0 Å². The fourth-order valence-corrected chi connectivity index (χ4v) is 5.27. The Hall–Kier alpha value is -3.59. The molecule has 1 atom stereocenters. The number of aromatic carboxylic acids is 1. The Labute approximate surface area is 195 Å². The Morgan fingerprint density at radius 3 is 2.09 bits per heavy atom. The van der Waals surface area contributed by atoms with E-state index in [0.717, 1.165) is 17.7 Å². The molecule has 3 aromatic carbocycles. The van der Waals surface area contributed by atoms with Crippen LogP contribution in [-0.2, 0) is 6.54 Å². The van der Waals surface area contributed by atoms with Crippen molar-refractivity contribution in [1.29, 1.82) is 0 Å². The van der Waals surface area contributed by atoms with E-state index in [1.54, 1.807) is 0 Å². The maximum absolute atomic E-state index is 11.9. The zero-order valence-corrected chi connectivity index (χ0v) is 19.6. The van der Waals surface area contributed by atoms with Gasteiger partial charge in [-0.1, -0.05) is 81.4 Å². The molecule has 1 N–H and O–H groups in total. The molecule has 1 aliphatic heterocycles. The smallest absolute Gasteiger partial charge is 0.335 e. The van der Waals surface area contributed by atoms with Gasteiger partial charge in [0.2, 0.25) is 0 Å². The minimum Gasteiger partial charge on any atom is -0.478 e. The van der Waals surface area contributed by atoms with E-state index < -0.39 is 5.97 Å². The maximum atomic E-state index is 11.9. The molecule has 1 aromatic heterocycles. The van der Waals surface area contributed by atoms with Gasteiger partial charge in [0.05, 0.1) is 11.3 Å². The zero-order chi connectivity index (χ0) is 23.3. The van der Waals surface area contributed by atoms with Crippen LogP contribution in [0.25, 0.3) is 33.5 Å². The van der Waals surface area contributed by atoms with Gasteiger partial charge in [0.25, 0.3) is 0 Å². The average Bonchev–Trinajstić information content (AvgIpc) is 3.18. The van der Waals surface area contributed by atoms with Gasteiger partial charge in [-0.2, -0.15) is 0 Å². The Bertz CT molecular complexity index is 1340. The molecular formula is C30H29NO2. The van der Waals surface area contributed by atoms with Crippen molar-refractivity contribution in [2.75, 3.05) is 0 Å². The number of carboxylic acids is 1. The van der Waals surface area contributed by atoms with E-state index in [0.29, 0.717) is 5.56 Å². The van der Waals surface area contributed by atoms with E-state index in [2.05, 4.69) is 80.1 Å². The molecule has 0 fully saturated rings. The van der Waals surface area contributed by atoms with E-state index in [9.17, 15) is 9.90 Å². The lowest BCUT2D eigenvalue weighted by Gasteiger charge is -2.38. The second kappa shape index (κ2) is 7.77. The number of carbonyl (C=O) groups is 1. The Morgan fingerprint density at radius 2 is 1.52 bits per heavy atom. The third-order valence-electron chi connectivity index (χ3n) is 6.88. The number of hydrogen-bond acceptors (Lipinski definition) is 1. The van der Waals surface area contributed by atoms with Crippen molar-refractivity contribution in [3.8, 4) is 33.5 Å². The summed E-state index contributed by atoms with van der Waals surface area (Å²) in [7, 11) is 0. The van der Waals surface area contributed by atoms with Crippen molar-refractivity contribution >= 4 is 5.97 Å². The molecule has 0 spiro atoms. The number of nitrogens with zero attached hydrogens (tertiary/aromatic N) is 1. The van der Waals surface area contributed by atoms with E-state index in [1.165, 1.54) is 33.5 Å². The average molecular weight is 436 g/mol. The fraction of sp³-hybridized carbons (Fsp3) is 0.233. The Balaban J connectivity index is 1.88. The van der Waals surface area contributed by atoms with Gasteiger partial charge in [-0.25, -0.2) is 4.79 Å². The lowest BCUT2D eigenvalue weighted by atomic mass is 9.71. The number of aryl methyl sites for hydroxylation is 1. The van der Waals surface area contributed by atoms with Gasteiger partial charge >= 0.3 is 5.97 Å². The topological polar surface area (TPSA) is 42.2 Å². The molecule has 0 radical (unpaired) electrons. The number of hydrogen-bond donors (Lipinski definition) is 1. The Morgan fingerprint density at radius 1 is 0.909 bits per heavy atom. The lowest BCUT2D eigenvalue weighted by Crippen LogP contribution is -2.28. The van der Waals surface area contributed by atoms with Crippen LogP contribution in [0.1, 0.15) is 48.2 Å². The predicted octanol–water partition coefficient (Wildman–Crippen LogP) is 7.64. The molecule has 3 heteroatoms. The first-order valence-electron chi connectivity index (χ1n) is 11.5. The Kier molecular flexibility index (Phi) is 5.01. The summed E-state index contributed by atoms with van der Waals surface area (Å²) in [4.78, 5) is 11.9. The minimum atomic E-state index is -0.872. The number of rotatable bonds is 3. The second-order valence-electron chi connectivity index (χ2n) is 10.1. The second-order valence-corrected chi connectivity index (χ2v) is 10.1. The van der Waals surface area contributed by atoms with E-state index >= 15 is 0 Å². The third-order valence-corrected chi connectivity index (χ3v) is 6.88. The number of fused-ring (bicyclic) bond motifs is 3. The van der Waals surface area contributed by atoms with Crippen molar-refractivity contribution < 1.29 is 9.90 Å². The molecule has 0 amide bonds. The molecule has 0 saturated heterocycles. The molecule has 0 aliphatic carbocycles. The highest BCUT2D eigenvalue weighted by Gasteiger charge is 2.37. The first-order chi connectivity index (χ1) is 15.8. The lowest BCUT2D eigenvalue weighted by molar-refractivity contribution is 0.0696. The SMILES string of the molecule is Cc1cc(C(=O)O)cc2c1-c1c(-c3ccccc3)c(-c3ccccc3)cn1C[C@H]2C(C)(C)C. The fourth-order valence-electron chi connectivity index (χ4n) is 5.27. The van der Waals surface area contributed by atoms with Crippen molar-refractivity contribution in [1.82, 2.24) is 4.57 Å². The van der Waals surface area contributed by atoms with Crippen LogP contribution in [0.5, 0.6) is 0 Å². The molecule has 166 valence electrons. The summed E-state index contributed by atoms with van der Waals surface area (Å²) < 4.78 is 2.40. The van der Waals surface area contributed by atoms with E-state index in [-0.39, 0.29) is 11.3 Å². The van der Waals surface area contributed by atoms with E-state index in [1.807, 2.05) is 31.2 Å². The molecule has 1 aliphatic rings. The molecule has 0 unspecified atom stereocenters. The van der Waals surface area contributed by atoms with Gasteiger partial charge in [0, 0.05) is 35.3 Å². The van der Waals surface area contributed by atoms with Crippen molar-refractivity contribution in [2.45, 2.75) is 40.2 Å². The molecule has 3 nitrogen and oxygen atoms in total. The summed E-state index contributed by atoms with van der Waals surface area (Å²) in [6.45, 7) is 9.60. The van der Waals surface area contributed by atoms with Gasteiger partial charge in [-0.05, 0) is 46.7 Å². The van der Waals surface area contributed by atoms with Crippen LogP contribution < -0.4 is 0 Å². The van der Waals surface area contributed by atoms with Crippen LogP contribution in [0.4, 0.5) is 0 Å². The van der Waals surface area contributed by atoms with Crippen molar-refractivity contribution in [2.24, 2.45) is 5.41 Å². The highest BCUT2D eigenvalue weighted by atomic mass is 16.4. The largest absolute Gasteiger partial charge is 0.478 e. The summed E-state index contributed by atoms with van der Waals surface area (Å²) in [5.74, 6) is -0.666. The highest BCUT2D eigenvalue weighted by Crippen LogP contribution is 2.52. The first-order valence-corrected chi connectivity index (χ1v) is 11.5. The number of benzene rings is 3. The van der Waals surface area contributed by atoms with Gasteiger partial charge in [0.15, 0.2) is 0 Å². The molecule has 0 saturated carbocycles. The van der Waals surface area contributed by atoms with Crippen LogP contribution >= 0.6 is 0 Å². The molecular weight excluding hydrogens is 406 g/mol. The zero-order valence-electron chi connectivity index (χ0n) is 19.6. The standard InChI is InChI=1S/C30H29NO2/c1-19-15-22(29(32)33)16-23-25(30(2,3)4)18-31-17-24(20-11-7-5-8-12-20)27(28(31)26(19)23)21-13-9-6-10-14-21/h5-17,25H,18H2,1-4H3,(H,32,33)/t25-/m1/s1. The van der Waals surface area contributed by atoms with Crippen molar-refractivity contribution in [3.05, 3.63) is 95.7 Å². The maximum Gasteiger partial charge on any atom is 0.335 e. The molecule has 0 bridgehead atoms. The molecule has 5 rings (SSSR count). The normalized spacial score (nSPS) is 15.1. The molecule has 4 aromatic rings. The van der Waals surface area contributed by atoms with Crippen molar-refractivity contribution in [3.63, 3.8) is 0 Å². The summed E-state index contributed by atoms with van der Waals surface area (Å²) in [5, 5.41) is 9.78. The van der Waals surface area contributed by atoms with Gasteiger partial charge in [-0.3, -0.25) is 0 Å². The summed E-state index contributed by atoms with van der Waals surface area (Å²) in [5.41, 5.74) is 9.64. The van der Waals surface area contributed by atoms with Crippen LogP contribution in [0.3, 0.4) is 0 Å². The quantitative estimate of drug-likeness (QED) is 0.359. The molecule has 2 heterocycles.